The van der Waals surface area contributed by atoms with Crippen LogP contribution < -0.4 is 0 Å². The lowest BCUT2D eigenvalue weighted by atomic mass is 9.95. The first-order valence-electron chi connectivity index (χ1n) is 7.02. The molecule has 0 bridgehead atoms. The summed E-state index contributed by atoms with van der Waals surface area (Å²) in [4.78, 5) is 2.38. The SMILES string of the molecule is CN(CC1CCCO1)C1CCCCCC1C#N. The molecule has 2 fully saturated rings. The molecule has 1 aliphatic heterocycles. The zero-order chi connectivity index (χ0) is 12.1. The van der Waals surface area contributed by atoms with Crippen molar-refractivity contribution in [3.63, 3.8) is 0 Å². The topological polar surface area (TPSA) is 36.3 Å². The van der Waals surface area contributed by atoms with Gasteiger partial charge in [-0.25, -0.2) is 0 Å². The number of nitrogens with zero attached hydrogens (tertiary/aromatic N) is 2. The van der Waals surface area contributed by atoms with E-state index in [9.17, 15) is 5.26 Å². The maximum atomic E-state index is 9.29. The Bertz CT molecular complexity index is 268. The van der Waals surface area contributed by atoms with E-state index in [4.69, 9.17) is 4.74 Å². The van der Waals surface area contributed by atoms with Gasteiger partial charge in [-0.1, -0.05) is 19.3 Å². The van der Waals surface area contributed by atoms with Gasteiger partial charge < -0.3 is 4.74 Å². The van der Waals surface area contributed by atoms with E-state index >= 15 is 0 Å². The van der Waals surface area contributed by atoms with Crippen LogP contribution in [0, 0.1) is 17.2 Å². The van der Waals surface area contributed by atoms with Crippen LogP contribution in [0.25, 0.3) is 0 Å². The highest BCUT2D eigenvalue weighted by atomic mass is 16.5. The van der Waals surface area contributed by atoms with Crippen molar-refractivity contribution in [1.82, 2.24) is 4.90 Å². The summed E-state index contributed by atoms with van der Waals surface area (Å²) in [6.07, 6.45) is 8.85. The van der Waals surface area contributed by atoms with Gasteiger partial charge in [-0.3, -0.25) is 4.90 Å². The quantitative estimate of drug-likeness (QED) is 0.707. The van der Waals surface area contributed by atoms with Crippen LogP contribution in [-0.4, -0.2) is 37.2 Å². The molecule has 1 saturated carbocycles. The van der Waals surface area contributed by atoms with Gasteiger partial charge in [0.05, 0.1) is 18.1 Å². The zero-order valence-corrected chi connectivity index (χ0v) is 10.9. The zero-order valence-electron chi connectivity index (χ0n) is 10.9. The molecule has 3 unspecified atom stereocenters. The van der Waals surface area contributed by atoms with Crippen molar-refractivity contribution in [2.75, 3.05) is 20.2 Å². The van der Waals surface area contributed by atoms with Gasteiger partial charge in [0.2, 0.25) is 0 Å². The van der Waals surface area contributed by atoms with Gasteiger partial charge in [0, 0.05) is 19.2 Å². The lowest BCUT2D eigenvalue weighted by molar-refractivity contribution is 0.0596. The molecule has 2 rings (SSSR count). The number of likely N-dealkylation sites (N-methyl/N-ethyl adjacent to an activating group) is 1. The number of rotatable bonds is 3. The molecule has 17 heavy (non-hydrogen) atoms. The van der Waals surface area contributed by atoms with Gasteiger partial charge in [0.1, 0.15) is 0 Å². The van der Waals surface area contributed by atoms with Crippen LogP contribution in [0.2, 0.25) is 0 Å². The Morgan fingerprint density at radius 1 is 1.18 bits per heavy atom. The standard InChI is InChI=1S/C14H24N2O/c1-16(11-13-7-5-9-17-13)14-8-4-2-3-6-12(14)10-15/h12-14H,2-9,11H2,1H3. The average Bonchev–Trinajstić information content (AvgIpc) is 2.71. The molecule has 1 saturated heterocycles. The summed E-state index contributed by atoms with van der Waals surface area (Å²) in [5.74, 6) is 0.226. The molecule has 1 heterocycles. The molecule has 2 aliphatic rings. The number of hydrogen-bond acceptors (Lipinski definition) is 3. The van der Waals surface area contributed by atoms with E-state index in [1.807, 2.05) is 0 Å². The molecule has 0 radical (unpaired) electrons. The Morgan fingerprint density at radius 2 is 2.00 bits per heavy atom. The van der Waals surface area contributed by atoms with Crippen molar-refractivity contribution in [3.05, 3.63) is 0 Å². The number of hydrogen-bond donors (Lipinski definition) is 0. The summed E-state index contributed by atoms with van der Waals surface area (Å²) >= 11 is 0. The maximum Gasteiger partial charge on any atom is 0.0702 e. The van der Waals surface area contributed by atoms with Crippen molar-refractivity contribution >= 4 is 0 Å². The third-order valence-electron chi connectivity index (χ3n) is 4.23. The minimum Gasteiger partial charge on any atom is -0.377 e. The molecular formula is C14H24N2O. The van der Waals surface area contributed by atoms with E-state index < -0.39 is 0 Å². The number of ether oxygens (including phenoxy) is 1. The molecule has 3 atom stereocenters. The second-order valence-corrected chi connectivity index (χ2v) is 5.52. The third kappa shape index (κ3) is 3.43. The van der Waals surface area contributed by atoms with E-state index in [1.54, 1.807) is 0 Å². The molecule has 3 nitrogen and oxygen atoms in total. The maximum absolute atomic E-state index is 9.29. The van der Waals surface area contributed by atoms with E-state index in [2.05, 4.69) is 18.0 Å². The van der Waals surface area contributed by atoms with Gasteiger partial charge in [-0.05, 0) is 32.7 Å². The van der Waals surface area contributed by atoms with Crippen molar-refractivity contribution in [3.8, 4) is 6.07 Å². The second kappa shape index (κ2) is 6.37. The Balaban J connectivity index is 1.90. The van der Waals surface area contributed by atoms with E-state index in [1.165, 1.54) is 38.5 Å². The first-order valence-corrected chi connectivity index (χ1v) is 7.02. The molecule has 0 spiro atoms. The van der Waals surface area contributed by atoms with Gasteiger partial charge >= 0.3 is 0 Å². The van der Waals surface area contributed by atoms with Crippen LogP contribution in [0.15, 0.2) is 0 Å². The van der Waals surface area contributed by atoms with Crippen LogP contribution >= 0.6 is 0 Å². The minimum atomic E-state index is 0.226. The van der Waals surface area contributed by atoms with Crippen molar-refractivity contribution in [1.29, 1.82) is 5.26 Å². The molecule has 0 aromatic rings. The lowest BCUT2D eigenvalue weighted by Gasteiger charge is -2.31. The monoisotopic (exact) mass is 236 g/mol. The Labute approximate surface area is 105 Å². The average molecular weight is 236 g/mol. The van der Waals surface area contributed by atoms with Crippen molar-refractivity contribution < 1.29 is 4.74 Å². The fourth-order valence-electron chi connectivity index (χ4n) is 3.21. The smallest absolute Gasteiger partial charge is 0.0702 e. The normalized spacial score (nSPS) is 34.5. The molecular weight excluding hydrogens is 212 g/mol. The highest BCUT2D eigenvalue weighted by Crippen LogP contribution is 2.27. The molecule has 96 valence electrons. The largest absolute Gasteiger partial charge is 0.377 e. The second-order valence-electron chi connectivity index (χ2n) is 5.52. The van der Waals surface area contributed by atoms with Crippen LogP contribution in [0.5, 0.6) is 0 Å². The molecule has 0 aromatic heterocycles. The predicted molar refractivity (Wildman–Crippen MR) is 67.6 cm³/mol. The van der Waals surface area contributed by atoms with E-state index in [-0.39, 0.29) is 5.92 Å². The molecule has 1 aliphatic carbocycles. The summed E-state index contributed by atoms with van der Waals surface area (Å²) in [6.45, 7) is 1.92. The van der Waals surface area contributed by atoms with Crippen molar-refractivity contribution in [2.45, 2.75) is 57.1 Å². The molecule has 0 aromatic carbocycles. The van der Waals surface area contributed by atoms with Gasteiger partial charge in [0.25, 0.3) is 0 Å². The highest BCUT2D eigenvalue weighted by molar-refractivity contribution is 4.94. The number of nitriles is 1. The third-order valence-corrected chi connectivity index (χ3v) is 4.23. The summed E-state index contributed by atoms with van der Waals surface area (Å²) in [5, 5.41) is 9.29. The summed E-state index contributed by atoms with van der Waals surface area (Å²) < 4.78 is 5.69. The van der Waals surface area contributed by atoms with Crippen LogP contribution in [0.1, 0.15) is 44.9 Å². The first kappa shape index (κ1) is 12.9. The van der Waals surface area contributed by atoms with Crippen LogP contribution in [-0.2, 0) is 4.74 Å². The van der Waals surface area contributed by atoms with Gasteiger partial charge in [0.15, 0.2) is 0 Å². The minimum absolute atomic E-state index is 0.226. The first-order chi connectivity index (χ1) is 8.31. The van der Waals surface area contributed by atoms with Crippen LogP contribution in [0.3, 0.4) is 0 Å². The molecule has 0 amide bonds. The Kier molecular flexibility index (Phi) is 4.82. The van der Waals surface area contributed by atoms with Crippen LogP contribution in [0.4, 0.5) is 0 Å². The molecule has 3 heteroatoms. The summed E-state index contributed by atoms with van der Waals surface area (Å²) in [5.41, 5.74) is 0. The Hall–Kier alpha value is -0.590. The lowest BCUT2D eigenvalue weighted by Crippen LogP contribution is -2.41. The highest BCUT2D eigenvalue weighted by Gasteiger charge is 2.29. The Morgan fingerprint density at radius 3 is 2.71 bits per heavy atom. The van der Waals surface area contributed by atoms with Crippen molar-refractivity contribution in [2.24, 2.45) is 5.92 Å². The fourth-order valence-corrected chi connectivity index (χ4v) is 3.21. The fraction of sp³-hybridized carbons (Fsp3) is 0.929. The summed E-state index contributed by atoms with van der Waals surface area (Å²) in [6, 6.07) is 2.97. The predicted octanol–water partition coefficient (Wildman–Crippen LogP) is 2.57. The van der Waals surface area contributed by atoms with E-state index in [0.29, 0.717) is 12.1 Å². The van der Waals surface area contributed by atoms with Gasteiger partial charge in [-0.15, -0.1) is 0 Å². The van der Waals surface area contributed by atoms with E-state index in [0.717, 1.165) is 19.6 Å². The van der Waals surface area contributed by atoms with Gasteiger partial charge in [-0.2, -0.15) is 5.26 Å². The molecule has 0 N–H and O–H groups in total. The summed E-state index contributed by atoms with van der Waals surface area (Å²) in [7, 11) is 2.17.